The third-order valence-electron chi connectivity index (χ3n) is 4.43. The van der Waals surface area contributed by atoms with Crippen LogP contribution in [-0.4, -0.2) is 18.5 Å². The number of rotatable bonds is 5. The Bertz CT molecular complexity index is 254. The van der Waals surface area contributed by atoms with Crippen molar-refractivity contribution < 1.29 is 4.79 Å². The van der Waals surface area contributed by atoms with E-state index in [4.69, 9.17) is 5.73 Å². The Morgan fingerprint density at radius 1 is 1.44 bits per heavy atom. The highest BCUT2D eigenvalue weighted by Gasteiger charge is 2.43. The van der Waals surface area contributed by atoms with Crippen LogP contribution in [0.25, 0.3) is 0 Å². The summed E-state index contributed by atoms with van der Waals surface area (Å²) >= 11 is 0. The number of fused-ring (bicyclic) bond motifs is 2. The van der Waals surface area contributed by atoms with Gasteiger partial charge in [-0.2, -0.15) is 0 Å². The smallest absolute Gasteiger partial charge is 0.223 e. The molecule has 0 aliphatic heterocycles. The minimum absolute atomic E-state index is 0.289. The first-order valence-electron chi connectivity index (χ1n) is 6.75. The molecule has 92 valence electrons. The second kappa shape index (κ2) is 5.17. The van der Waals surface area contributed by atoms with Crippen molar-refractivity contribution in [2.24, 2.45) is 23.5 Å². The number of nitrogens with two attached hydrogens (primary N) is 1. The van der Waals surface area contributed by atoms with E-state index >= 15 is 0 Å². The van der Waals surface area contributed by atoms with Crippen molar-refractivity contribution in [2.75, 3.05) is 6.54 Å². The summed E-state index contributed by atoms with van der Waals surface area (Å²) in [5.74, 6) is 2.13. The molecule has 0 aromatic carbocycles. The van der Waals surface area contributed by atoms with Gasteiger partial charge in [0.2, 0.25) is 5.91 Å². The lowest BCUT2D eigenvalue weighted by Gasteiger charge is -2.24. The van der Waals surface area contributed by atoms with E-state index in [9.17, 15) is 4.79 Å². The molecule has 1 amide bonds. The molecule has 0 spiro atoms. The van der Waals surface area contributed by atoms with Crippen LogP contribution in [0, 0.1) is 17.8 Å². The fourth-order valence-corrected chi connectivity index (χ4v) is 3.45. The Kier molecular flexibility index (Phi) is 3.85. The normalized spacial score (nSPS) is 34.0. The van der Waals surface area contributed by atoms with Crippen molar-refractivity contribution in [3.8, 4) is 0 Å². The first kappa shape index (κ1) is 11.9. The van der Waals surface area contributed by atoms with Crippen molar-refractivity contribution in [1.29, 1.82) is 0 Å². The number of nitrogens with one attached hydrogen (secondary N) is 1. The van der Waals surface area contributed by atoms with E-state index in [0.717, 1.165) is 25.2 Å². The van der Waals surface area contributed by atoms with Gasteiger partial charge in [0, 0.05) is 12.0 Å². The second-order valence-corrected chi connectivity index (χ2v) is 5.47. The Hall–Kier alpha value is -0.570. The van der Waals surface area contributed by atoms with Gasteiger partial charge in [-0.15, -0.1) is 0 Å². The van der Waals surface area contributed by atoms with Gasteiger partial charge < -0.3 is 11.1 Å². The third-order valence-corrected chi connectivity index (χ3v) is 4.43. The monoisotopic (exact) mass is 224 g/mol. The predicted octanol–water partition coefficient (Wildman–Crippen LogP) is 1.67. The molecular weight excluding hydrogens is 200 g/mol. The summed E-state index contributed by atoms with van der Waals surface area (Å²) in [5, 5.41) is 3.18. The maximum absolute atomic E-state index is 12.1. The second-order valence-electron chi connectivity index (χ2n) is 5.47. The van der Waals surface area contributed by atoms with Crippen LogP contribution in [-0.2, 0) is 4.79 Å². The van der Waals surface area contributed by atoms with Crippen LogP contribution in [0.1, 0.15) is 45.4 Å². The molecule has 3 nitrogen and oxygen atoms in total. The van der Waals surface area contributed by atoms with Crippen LogP contribution < -0.4 is 11.1 Å². The maximum atomic E-state index is 12.1. The minimum Gasteiger partial charge on any atom is -0.353 e. The molecule has 2 aliphatic rings. The highest BCUT2D eigenvalue weighted by atomic mass is 16.2. The summed E-state index contributed by atoms with van der Waals surface area (Å²) in [6.45, 7) is 2.77. The third kappa shape index (κ3) is 2.40. The Balaban J connectivity index is 1.83. The molecule has 3 heteroatoms. The maximum Gasteiger partial charge on any atom is 0.223 e. The summed E-state index contributed by atoms with van der Waals surface area (Å²) < 4.78 is 0. The Morgan fingerprint density at radius 2 is 2.25 bits per heavy atom. The first-order valence-corrected chi connectivity index (χ1v) is 6.75. The standard InChI is InChI=1S/C13H24N2O/c1-2-11(5-6-14)15-13(16)12-8-9-3-4-10(12)7-9/h9-12H,2-8,14H2,1H3,(H,15,16). The topological polar surface area (TPSA) is 55.1 Å². The van der Waals surface area contributed by atoms with Crippen LogP contribution in [0.15, 0.2) is 0 Å². The fourth-order valence-electron chi connectivity index (χ4n) is 3.45. The number of carbonyl (C=O) groups excluding carboxylic acids is 1. The molecule has 16 heavy (non-hydrogen) atoms. The Labute approximate surface area is 98.2 Å². The summed E-state index contributed by atoms with van der Waals surface area (Å²) in [7, 11) is 0. The summed E-state index contributed by atoms with van der Waals surface area (Å²) in [5.41, 5.74) is 5.54. The van der Waals surface area contributed by atoms with Crippen molar-refractivity contribution in [1.82, 2.24) is 5.32 Å². The van der Waals surface area contributed by atoms with E-state index in [0.29, 0.717) is 24.3 Å². The summed E-state index contributed by atoms with van der Waals surface area (Å²) in [6.07, 6.45) is 6.96. The number of hydrogen-bond donors (Lipinski definition) is 2. The quantitative estimate of drug-likeness (QED) is 0.746. The van der Waals surface area contributed by atoms with E-state index < -0.39 is 0 Å². The molecule has 0 heterocycles. The first-order chi connectivity index (χ1) is 7.74. The van der Waals surface area contributed by atoms with Gasteiger partial charge in [0.15, 0.2) is 0 Å². The van der Waals surface area contributed by atoms with Gasteiger partial charge in [-0.05, 0) is 50.5 Å². The molecule has 2 aliphatic carbocycles. The molecule has 0 aromatic heterocycles. The van der Waals surface area contributed by atoms with Gasteiger partial charge in [-0.3, -0.25) is 4.79 Å². The van der Waals surface area contributed by atoms with Crippen molar-refractivity contribution in [3.05, 3.63) is 0 Å². The molecule has 3 N–H and O–H groups in total. The molecule has 0 radical (unpaired) electrons. The van der Waals surface area contributed by atoms with Gasteiger partial charge in [0.25, 0.3) is 0 Å². The van der Waals surface area contributed by atoms with Gasteiger partial charge in [0.05, 0.1) is 0 Å². The molecule has 2 fully saturated rings. The van der Waals surface area contributed by atoms with Gasteiger partial charge >= 0.3 is 0 Å². The molecule has 4 atom stereocenters. The van der Waals surface area contributed by atoms with Gasteiger partial charge in [-0.1, -0.05) is 13.3 Å². The van der Waals surface area contributed by atoms with E-state index in [2.05, 4.69) is 12.2 Å². The Morgan fingerprint density at radius 3 is 2.75 bits per heavy atom. The summed E-state index contributed by atoms with van der Waals surface area (Å²) in [4.78, 5) is 12.1. The zero-order chi connectivity index (χ0) is 11.5. The van der Waals surface area contributed by atoms with Crippen LogP contribution in [0.2, 0.25) is 0 Å². The van der Waals surface area contributed by atoms with Gasteiger partial charge in [-0.25, -0.2) is 0 Å². The van der Waals surface area contributed by atoms with E-state index in [1.807, 2.05) is 0 Å². The molecule has 2 rings (SSSR count). The molecular formula is C13H24N2O. The van der Waals surface area contributed by atoms with Crippen molar-refractivity contribution >= 4 is 5.91 Å². The van der Waals surface area contributed by atoms with Crippen molar-refractivity contribution in [2.45, 2.75) is 51.5 Å². The lowest BCUT2D eigenvalue weighted by molar-refractivity contribution is -0.127. The van der Waals surface area contributed by atoms with E-state index in [1.165, 1.54) is 19.3 Å². The molecule has 2 bridgehead atoms. The lowest BCUT2D eigenvalue weighted by atomic mass is 9.88. The largest absolute Gasteiger partial charge is 0.353 e. The SMILES string of the molecule is CCC(CCN)NC(=O)C1CC2CCC1C2. The van der Waals surface area contributed by atoms with Gasteiger partial charge in [0.1, 0.15) is 0 Å². The average molecular weight is 224 g/mol. The van der Waals surface area contributed by atoms with E-state index in [-0.39, 0.29) is 6.04 Å². The number of hydrogen-bond acceptors (Lipinski definition) is 2. The zero-order valence-electron chi connectivity index (χ0n) is 10.2. The van der Waals surface area contributed by atoms with Crippen LogP contribution in [0.5, 0.6) is 0 Å². The summed E-state index contributed by atoms with van der Waals surface area (Å²) in [6, 6.07) is 0.289. The lowest BCUT2D eigenvalue weighted by Crippen LogP contribution is -2.41. The average Bonchev–Trinajstić information content (AvgIpc) is 2.89. The highest BCUT2D eigenvalue weighted by Crippen LogP contribution is 2.48. The zero-order valence-corrected chi connectivity index (χ0v) is 10.2. The van der Waals surface area contributed by atoms with Crippen LogP contribution in [0.4, 0.5) is 0 Å². The highest BCUT2D eigenvalue weighted by molar-refractivity contribution is 5.79. The van der Waals surface area contributed by atoms with E-state index in [1.54, 1.807) is 0 Å². The molecule has 2 saturated carbocycles. The molecule has 0 aromatic rings. The fraction of sp³-hybridized carbons (Fsp3) is 0.923. The predicted molar refractivity (Wildman–Crippen MR) is 64.8 cm³/mol. The van der Waals surface area contributed by atoms with Crippen LogP contribution >= 0.6 is 0 Å². The number of amides is 1. The van der Waals surface area contributed by atoms with Crippen LogP contribution in [0.3, 0.4) is 0 Å². The van der Waals surface area contributed by atoms with Crippen molar-refractivity contribution in [3.63, 3.8) is 0 Å². The molecule has 4 unspecified atom stereocenters. The minimum atomic E-state index is 0.289. The molecule has 0 saturated heterocycles. The number of carbonyl (C=O) groups is 1.